The third-order valence-corrected chi connectivity index (χ3v) is 3.50. The monoisotopic (exact) mass is 283 g/mol. The molecule has 3 nitrogen and oxygen atoms in total. The number of rotatable bonds is 7. The quantitative estimate of drug-likeness (QED) is 0.802. The number of hydrogen-bond donors (Lipinski definition) is 2. The summed E-state index contributed by atoms with van der Waals surface area (Å²) in [5.41, 5.74) is 0.0941. The van der Waals surface area contributed by atoms with Crippen LogP contribution < -0.4 is 5.32 Å². The molecule has 1 rings (SSSR count). The number of aliphatic carboxylic acids is 1. The molecule has 0 aromatic heterocycles. The van der Waals surface area contributed by atoms with Crippen molar-refractivity contribution < 1.29 is 9.90 Å². The van der Waals surface area contributed by atoms with Crippen molar-refractivity contribution in [2.75, 3.05) is 0 Å². The highest BCUT2D eigenvalue weighted by molar-refractivity contribution is 6.30. The Hall–Kier alpha value is -1.06. The normalized spacial score (nSPS) is 14.4. The highest BCUT2D eigenvalue weighted by Crippen LogP contribution is 2.18. The van der Waals surface area contributed by atoms with Crippen LogP contribution >= 0.6 is 11.6 Å². The predicted molar refractivity (Wildman–Crippen MR) is 78.4 cm³/mol. The van der Waals surface area contributed by atoms with Crippen molar-refractivity contribution in [3.8, 4) is 0 Å². The smallest absolute Gasteiger partial charge is 0.323 e. The Bertz CT molecular complexity index is 434. The van der Waals surface area contributed by atoms with Crippen molar-refractivity contribution in [1.82, 2.24) is 5.32 Å². The van der Waals surface area contributed by atoms with Crippen LogP contribution in [-0.4, -0.2) is 16.6 Å². The molecule has 1 aromatic rings. The Morgan fingerprint density at radius 1 is 1.47 bits per heavy atom. The van der Waals surface area contributed by atoms with Gasteiger partial charge in [0.2, 0.25) is 0 Å². The van der Waals surface area contributed by atoms with Crippen LogP contribution in [0.1, 0.15) is 39.2 Å². The molecule has 0 amide bonds. The van der Waals surface area contributed by atoms with Gasteiger partial charge in [-0.25, -0.2) is 0 Å². The van der Waals surface area contributed by atoms with Crippen LogP contribution in [0.4, 0.5) is 0 Å². The molecule has 0 bridgehead atoms. The summed E-state index contributed by atoms with van der Waals surface area (Å²) in [5.74, 6) is -0.318. The molecule has 0 aliphatic heterocycles. The van der Waals surface area contributed by atoms with Crippen molar-refractivity contribution in [2.24, 2.45) is 5.92 Å². The highest BCUT2D eigenvalue weighted by atomic mass is 35.5. The zero-order valence-electron chi connectivity index (χ0n) is 11.7. The molecule has 0 saturated carbocycles. The summed E-state index contributed by atoms with van der Waals surface area (Å²) in [5, 5.41) is 13.2. The summed E-state index contributed by atoms with van der Waals surface area (Å²) in [6.07, 6.45) is 1.49. The SMILES string of the molecule is CC(C)CC[C@](C)(NCc1cccc(Cl)c1)C(=O)O. The first-order chi connectivity index (χ1) is 8.83. The van der Waals surface area contributed by atoms with E-state index in [4.69, 9.17) is 11.6 Å². The number of carbonyl (C=O) groups is 1. The lowest BCUT2D eigenvalue weighted by Gasteiger charge is -2.27. The Labute approximate surface area is 120 Å². The fourth-order valence-corrected chi connectivity index (χ4v) is 2.01. The van der Waals surface area contributed by atoms with Crippen molar-refractivity contribution in [3.63, 3.8) is 0 Å². The van der Waals surface area contributed by atoms with Crippen LogP contribution in [0.5, 0.6) is 0 Å². The van der Waals surface area contributed by atoms with E-state index < -0.39 is 11.5 Å². The van der Waals surface area contributed by atoms with Gasteiger partial charge in [-0.2, -0.15) is 0 Å². The van der Waals surface area contributed by atoms with E-state index in [2.05, 4.69) is 19.2 Å². The van der Waals surface area contributed by atoms with Gasteiger partial charge in [-0.15, -0.1) is 0 Å². The number of carboxylic acid groups (broad SMARTS) is 1. The van der Waals surface area contributed by atoms with E-state index in [0.717, 1.165) is 12.0 Å². The lowest BCUT2D eigenvalue weighted by Crippen LogP contribution is -2.49. The van der Waals surface area contributed by atoms with Gasteiger partial charge in [0.05, 0.1) is 0 Å². The zero-order chi connectivity index (χ0) is 14.5. The standard InChI is InChI=1S/C15H22ClNO2/c1-11(2)7-8-15(3,14(18)19)17-10-12-5-4-6-13(16)9-12/h4-6,9,11,17H,7-8,10H2,1-3H3,(H,18,19)/t15-/m0/s1. The van der Waals surface area contributed by atoms with Crippen LogP contribution in [0.25, 0.3) is 0 Å². The maximum Gasteiger partial charge on any atom is 0.323 e. The minimum atomic E-state index is -0.896. The average molecular weight is 284 g/mol. The molecule has 0 saturated heterocycles. The molecule has 0 aliphatic carbocycles. The lowest BCUT2D eigenvalue weighted by atomic mass is 9.91. The van der Waals surface area contributed by atoms with Gasteiger partial charge in [-0.05, 0) is 43.4 Å². The van der Waals surface area contributed by atoms with Gasteiger partial charge in [-0.3, -0.25) is 10.1 Å². The fourth-order valence-electron chi connectivity index (χ4n) is 1.79. The van der Waals surface area contributed by atoms with Crippen molar-refractivity contribution in [1.29, 1.82) is 0 Å². The first-order valence-electron chi connectivity index (χ1n) is 6.56. The van der Waals surface area contributed by atoms with E-state index in [9.17, 15) is 9.90 Å². The maximum absolute atomic E-state index is 11.4. The summed E-state index contributed by atoms with van der Waals surface area (Å²) in [6, 6.07) is 7.45. The zero-order valence-corrected chi connectivity index (χ0v) is 12.5. The summed E-state index contributed by atoms with van der Waals surface area (Å²) in [4.78, 5) is 11.4. The van der Waals surface area contributed by atoms with E-state index in [0.29, 0.717) is 23.9 Å². The van der Waals surface area contributed by atoms with E-state index in [-0.39, 0.29) is 0 Å². The molecule has 0 spiro atoms. The van der Waals surface area contributed by atoms with Crippen LogP contribution in [0.2, 0.25) is 5.02 Å². The second-order valence-corrected chi connectivity index (χ2v) is 5.99. The van der Waals surface area contributed by atoms with Gasteiger partial charge >= 0.3 is 5.97 Å². The summed E-state index contributed by atoms with van der Waals surface area (Å²) in [6.45, 7) is 6.43. The molecule has 0 fully saturated rings. The van der Waals surface area contributed by atoms with Gasteiger partial charge in [0.25, 0.3) is 0 Å². The molecule has 19 heavy (non-hydrogen) atoms. The van der Waals surface area contributed by atoms with E-state index in [1.807, 2.05) is 18.2 Å². The molecule has 0 heterocycles. The van der Waals surface area contributed by atoms with E-state index in [1.165, 1.54) is 0 Å². The predicted octanol–water partition coefficient (Wildman–Crippen LogP) is 3.71. The van der Waals surface area contributed by atoms with Crippen molar-refractivity contribution >= 4 is 17.6 Å². The largest absolute Gasteiger partial charge is 0.480 e. The number of halogens is 1. The first-order valence-corrected chi connectivity index (χ1v) is 6.94. The minimum Gasteiger partial charge on any atom is -0.480 e. The highest BCUT2D eigenvalue weighted by Gasteiger charge is 2.32. The summed E-state index contributed by atoms with van der Waals surface area (Å²) >= 11 is 5.92. The van der Waals surface area contributed by atoms with Crippen LogP contribution in [0, 0.1) is 5.92 Å². The topological polar surface area (TPSA) is 49.3 Å². The number of hydrogen-bond acceptors (Lipinski definition) is 2. The third kappa shape index (κ3) is 5.21. The molecule has 1 atom stereocenters. The molecule has 0 unspecified atom stereocenters. The Morgan fingerprint density at radius 2 is 2.16 bits per heavy atom. The Kier molecular flexibility index (Phi) is 5.83. The van der Waals surface area contributed by atoms with E-state index in [1.54, 1.807) is 13.0 Å². The molecule has 4 heteroatoms. The van der Waals surface area contributed by atoms with Crippen LogP contribution in [-0.2, 0) is 11.3 Å². The molecule has 0 aliphatic rings. The Morgan fingerprint density at radius 3 is 2.68 bits per heavy atom. The van der Waals surface area contributed by atoms with Gasteiger partial charge in [0.15, 0.2) is 0 Å². The second kappa shape index (κ2) is 6.92. The van der Waals surface area contributed by atoms with Gasteiger partial charge in [-0.1, -0.05) is 37.6 Å². The molecular formula is C15H22ClNO2. The molecule has 2 N–H and O–H groups in total. The summed E-state index contributed by atoms with van der Waals surface area (Å²) < 4.78 is 0. The van der Waals surface area contributed by atoms with Crippen LogP contribution in [0.15, 0.2) is 24.3 Å². The van der Waals surface area contributed by atoms with E-state index >= 15 is 0 Å². The first kappa shape index (κ1) is 16.0. The fraction of sp³-hybridized carbons (Fsp3) is 0.533. The maximum atomic E-state index is 11.4. The molecular weight excluding hydrogens is 262 g/mol. The molecule has 0 radical (unpaired) electrons. The van der Waals surface area contributed by atoms with Crippen molar-refractivity contribution in [2.45, 2.75) is 45.7 Å². The third-order valence-electron chi connectivity index (χ3n) is 3.27. The van der Waals surface area contributed by atoms with Crippen LogP contribution in [0.3, 0.4) is 0 Å². The Balaban J connectivity index is 2.66. The molecule has 106 valence electrons. The minimum absolute atomic E-state index is 0.492. The van der Waals surface area contributed by atoms with Gasteiger partial charge in [0, 0.05) is 11.6 Å². The average Bonchev–Trinajstić information content (AvgIpc) is 2.34. The van der Waals surface area contributed by atoms with Gasteiger partial charge < -0.3 is 5.11 Å². The summed E-state index contributed by atoms with van der Waals surface area (Å²) in [7, 11) is 0. The van der Waals surface area contributed by atoms with Crippen molar-refractivity contribution in [3.05, 3.63) is 34.9 Å². The second-order valence-electron chi connectivity index (χ2n) is 5.55. The number of benzene rings is 1. The number of nitrogens with one attached hydrogen (secondary N) is 1. The van der Waals surface area contributed by atoms with Gasteiger partial charge in [0.1, 0.15) is 5.54 Å². The molecule has 1 aromatic carbocycles. The lowest BCUT2D eigenvalue weighted by molar-refractivity contribution is -0.144. The number of carboxylic acids is 1.